The van der Waals surface area contributed by atoms with Crippen molar-refractivity contribution in [2.24, 2.45) is 5.92 Å². The number of hydrogen-bond donors (Lipinski definition) is 1. The van der Waals surface area contributed by atoms with Gasteiger partial charge in [-0.25, -0.2) is 0 Å². The van der Waals surface area contributed by atoms with Gasteiger partial charge in [-0.3, -0.25) is 9.59 Å². The topological polar surface area (TPSA) is 49.4 Å². The van der Waals surface area contributed by atoms with Crippen LogP contribution >= 0.6 is 0 Å². The van der Waals surface area contributed by atoms with E-state index in [0.29, 0.717) is 16.8 Å². The van der Waals surface area contributed by atoms with Gasteiger partial charge < -0.3 is 10.2 Å². The molecule has 1 N–H and O–H groups in total. The lowest BCUT2D eigenvalue weighted by Crippen LogP contribution is -2.26. The number of halogens is 3. The highest BCUT2D eigenvalue weighted by molar-refractivity contribution is 5.96. The van der Waals surface area contributed by atoms with E-state index in [1.54, 1.807) is 45.2 Å². The average Bonchev–Trinajstić information content (AvgIpc) is 2.61. The molecule has 27 heavy (non-hydrogen) atoms. The van der Waals surface area contributed by atoms with E-state index in [-0.39, 0.29) is 24.3 Å². The van der Waals surface area contributed by atoms with Crippen LogP contribution in [0.4, 0.5) is 18.9 Å². The molecule has 2 amide bonds. The van der Waals surface area contributed by atoms with Crippen molar-refractivity contribution in [2.75, 3.05) is 12.4 Å². The molecule has 0 radical (unpaired) electrons. The Bertz CT molecular complexity index is 797. The monoisotopic (exact) mass is 378 g/mol. The van der Waals surface area contributed by atoms with Crippen molar-refractivity contribution in [1.29, 1.82) is 0 Å². The molecular weight excluding hydrogens is 357 g/mol. The van der Waals surface area contributed by atoms with Crippen molar-refractivity contribution < 1.29 is 22.8 Å². The molecule has 0 aliphatic heterocycles. The summed E-state index contributed by atoms with van der Waals surface area (Å²) in [6.07, 6.45) is -4.38. The number of carbonyl (C=O) groups excluding carboxylic acids is 2. The third kappa shape index (κ3) is 5.57. The Kier molecular flexibility index (Phi) is 6.25. The van der Waals surface area contributed by atoms with Crippen LogP contribution in [0.1, 0.15) is 35.3 Å². The summed E-state index contributed by atoms with van der Waals surface area (Å²) < 4.78 is 37.8. The summed E-state index contributed by atoms with van der Waals surface area (Å²) in [5.74, 6) is -0.536. The molecule has 0 heterocycles. The van der Waals surface area contributed by atoms with E-state index in [0.717, 1.165) is 12.1 Å². The van der Waals surface area contributed by atoms with Crippen molar-refractivity contribution in [3.8, 4) is 0 Å². The minimum Gasteiger partial charge on any atom is -0.337 e. The van der Waals surface area contributed by atoms with Gasteiger partial charge in [-0.1, -0.05) is 26.0 Å². The smallest absolute Gasteiger partial charge is 0.337 e. The summed E-state index contributed by atoms with van der Waals surface area (Å²) in [7, 11) is 1.58. The first-order valence-electron chi connectivity index (χ1n) is 8.40. The van der Waals surface area contributed by atoms with Crippen molar-refractivity contribution in [2.45, 2.75) is 26.6 Å². The lowest BCUT2D eigenvalue weighted by molar-refractivity contribution is -0.137. The SMILES string of the molecule is CC(C)C(=O)Nc1ccc(C(=O)N(C)Cc2ccc(C(F)(F)F)cc2)cc1. The number of benzene rings is 2. The van der Waals surface area contributed by atoms with Crippen molar-refractivity contribution >= 4 is 17.5 Å². The minimum absolute atomic E-state index is 0.117. The number of anilines is 1. The Morgan fingerprint density at radius 3 is 2.04 bits per heavy atom. The molecule has 0 fully saturated rings. The molecule has 2 rings (SSSR count). The Morgan fingerprint density at radius 2 is 1.56 bits per heavy atom. The van der Waals surface area contributed by atoms with Gasteiger partial charge in [-0.2, -0.15) is 13.2 Å². The molecule has 0 saturated heterocycles. The Morgan fingerprint density at radius 1 is 1.00 bits per heavy atom. The summed E-state index contributed by atoms with van der Waals surface area (Å²) in [5.41, 5.74) is 0.890. The van der Waals surface area contributed by atoms with Crippen molar-refractivity contribution in [1.82, 2.24) is 4.90 Å². The average molecular weight is 378 g/mol. The van der Waals surface area contributed by atoms with Gasteiger partial charge in [-0.15, -0.1) is 0 Å². The van der Waals surface area contributed by atoms with Crippen molar-refractivity contribution in [3.05, 3.63) is 65.2 Å². The third-order valence-electron chi connectivity index (χ3n) is 3.97. The Hall–Kier alpha value is -2.83. The number of nitrogens with one attached hydrogen (secondary N) is 1. The van der Waals surface area contributed by atoms with E-state index in [4.69, 9.17) is 0 Å². The second-order valence-corrected chi connectivity index (χ2v) is 6.58. The second kappa shape index (κ2) is 8.24. The van der Waals surface area contributed by atoms with Crippen LogP contribution in [-0.2, 0) is 17.5 Å². The Balaban J connectivity index is 2.01. The van der Waals surface area contributed by atoms with Gasteiger partial charge in [0.25, 0.3) is 5.91 Å². The third-order valence-corrected chi connectivity index (χ3v) is 3.97. The highest BCUT2D eigenvalue weighted by Crippen LogP contribution is 2.29. The fourth-order valence-corrected chi connectivity index (χ4v) is 2.35. The summed E-state index contributed by atoms with van der Waals surface area (Å²) in [6, 6.07) is 11.2. The van der Waals surface area contributed by atoms with E-state index < -0.39 is 11.7 Å². The molecule has 0 aliphatic rings. The van der Waals surface area contributed by atoms with Crippen molar-refractivity contribution in [3.63, 3.8) is 0 Å². The molecule has 0 saturated carbocycles. The zero-order valence-corrected chi connectivity index (χ0v) is 15.3. The first-order valence-corrected chi connectivity index (χ1v) is 8.40. The van der Waals surface area contributed by atoms with Gasteiger partial charge in [0.1, 0.15) is 0 Å². The van der Waals surface area contributed by atoms with E-state index >= 15 is 0 Å². The lowest BCUT2D eigenvalue weighted by Gasteiger charge is -2.18. The van der Waals surface area contributed by atoms with Gasteiger partial charge in [0.2, 0.25) is 5.91 Å². The molecule has 4 nitrogen and oxygen atoms in total. The molecule has 2 aromatic rings. The van der Waals surface area contributed by atoms with E-state index in [2.05, 4.69) is 5.32 Å². The van der Waals surface area contributed by atoms with Crippen LogP contribution in [0.3, 0.4) is 0 Å². The molecule has 7 heteroatoms. The predicted octanol–water partition coefficient (Wildman–Crippen LogP) is 4.57. The van der Waals surface area contributed by atoms with Crippen LogP contribution in [-0.4, -0.2) is 23.8 Å². The highest BCUT2D eigenvalue weighted by Gasteiger charge is 2.30. The van der Waals surface area contributed by atoms with Crippen LogP contribution in [0, 0.1) is 5.92 Å². The van der Waals surface area contributed by atoms with Gasteiger partial charge in [0.15, 0.2) is 0 Å². The molecule has 144 valence electrons. The molecule has 0 bridgehead atoms. The number of hydrogen-bond acceptors (Lipinski definition) is 2. The minimum atomic E-state index is -4.38. The van der Waals surface area contributed by atoms with Gasteiger partial charge in [0, 0.05) is 30.8 Å². The van der Waals surface area contributed by atoms with Crippen LogP contribution < -0.4 is 5.32 Å². The van der Waals surface area contributed by atoms with E-state index in [1.807, 2.05) is 0 Å². The summed E-state index contributed by atoms with van der Waals surface area (Å²) in [5, 5.41) is 2.74. The lowest BCUT2D eigenvalue weighted by atomic mass is 10.1. The molecule has 0 aromatic heterocycles. The first-order chi connectivity index (χ1) is 12.6. The van der Waals surface area contributed by atoms with Crippen LogP contribution in [0.25, 0.3) is 0 Å². The normalized spacial score (nSPS) is 11.4. The maximum absolute atomic E-state index is 12.6. The summed E-state index contributed by atoms with van der Waals surface area (Å²) >= 11 is 0. The molecule has 0 aliphatic carbocycles. The van der Waals surface area contributed by atoms with E-state index in [9.17, 15) is 22.8 Å². The van der Waals surface area contributed by atoms with Gasteiger partial charge in [-0.05, 0) is 42.0 Å². The van der Waals surface area contributed by atoms with Crippen LogP contribution in [0.2, 0.25) is 0 Å². The largest absolute Gasteiger partial charge is 0.416 e. The van der Waals surface area contributed by atoms with Crippen LogP contribution in [0.5, 0.6) is 0 Å². The fraction of sp³-hybridized carbons (Fsp3) is 0.300. The molecule has 0 atom stereocenters. The Labute approximate surface area is 156 Å². The zero-order valence-electron chi connectivity index (χ0n) is 15.3. The van der Waals surface area contributed by atoms with Gasteiger partial charge in [0.05, 0.1) is 5.56 Å². The quantitative estimate of drug-likeness (QED) is 0.828. The number of nitrogens with zero attached hydrogens (tertiary/aromatic N) is 1. The molecule has 0 spiro atoms. The number of alkyl halides is 3. The fourth-order valence-electron chi connectivity index (χ4n) is 2.35. The number of rotatable bonds is 5. The van der Waals surface area contributed by atoms with Crippen LogP contribution in [0.15, 0.2) is 48.5 Å². The second-order valence-electron chi connectivity index (χ2n) is 6.58. The maximum atomic E-state index is 12.6. The highest BCUT2D eigenvalue weighted by atomic mass is 19.4. The molecule has 2 aromatic carbocycles. The summed E-state index contributed by atoms with van der Waals surface area (Å²) in [6.45, 7) is 3.75. The van der Waals surface area contributed by atoms with E-state index in [1.165, 1.54) is 17.0 Å². The summed E-state index contributed by atoms with van der Waals surface area (Å²) in [4.78, 5) is 25.6. The van der Waals surface area contributed by atoms with Gasteiger partial charge >= 0.3 is 6.18 Å². The number of carbonyl (C=O) groups is 2. The zero-order chi connectivity index (χ0) is 20.2. The molecular formula is C20H21F3N2O2. The first kappa shape index (κ1) is 20.5. The maximum Gasteiger partial charge on any atom is 0.416 e. The molecule has 0 unspecified atom stereocenters. The number of amides is 2. The standard InChI is InChI=1S/C20H21F3N2O2/c1-13(2)18(26)24-17-10-6-15(7-11-17)19(27)25(3)12-14-4-8-16(9-5-14)20(21,22)23/h4-11,13H,12H2,1-3H3,(H,24,26). The predicted molar refractivity (Wildman–Crippen MR) is 97.2 cm³/mol.